The predicted octanol–water partition coefficient (Wildman–Crippen LogP) is 3.27. The van der Waals surface area contributed by atoms with Gasteiger partial charge >= 0.3 is 0 Å². The largest absolute Gasteiger partial charge is 0.380 e. The summed E-state index contributed by atoms with van der Waals surface area (Å²) < 4.78 is 5.44. The molecule has 0 spiro atoms. The average molecular weight is 386 g/mol. The van der Waals surface area contributed by atoms with Gasteiger partial charge in [-0.3, -0.25) is 9.89 Å². The third-order valence-electron chi connectivity index (χ3n) is 6.14. The molecule has 7 nitrogen and oxygen atoms in total. The van der Waals surface area contributed by atoms with Crippen LogP contribution in [-0.2, 0) is 16.0 Å². The highest BCUT2D eigenvalue weighted by Crippen LogP contribution is 2.28. The number of ether oxygens (including phenoxy) is 1. The monoisotopic (exact) mass is 385 g/mol. The molecule has 7 heteroatoms. The van der Waals surface area contributed by atoms with Gasteiger partial charge in [0.05, 0.1) is 22.7 Å². The molecule has 2 N–H and O–H groups in total. The predicted molar refractivity (Wildman–Crippen MR) is 109 cm³/mol. The van der Waals surface area contributed by atoms with Gasteiger partial charge < -0.3 is 15.0 Å². The van der Waals surface area contributed by atoms with E-state index in [2.05, 4.69) is 20.5 Å². The number of aryl methyl sites for hydroxylation is 1. The maximum absolute atomic E-state index is 12.7. The van der Waals surface area contributed by atoms with E-state index in [1.54, 1.807) is 7.11 Å². The molecule has 0 radical (unpaired) electrons. The van der Waals surface area contributed by atoms with Crippen LogP contribution in [0.2, 0.25) is 0 Å². The molecule has 1 aliphatic heterocycles. The second-order valence-corrected chi connectivity index (χ2v) is 8.07. The summed E-state index contributed by atoms with van der Waals surface area (Å²) in [5.74, 6) is 1.08. The van der Waals surface area contributed by atoms with Crippen molar-refractivity contribution in [2.75, 3.05) is 25.5 Å². The number of likely N-dealkylation sites (tertiary alicyclic amines) is 1. The number of hydrogen-bond acceptors (Lipinski definition) is 5. The summed E-state index contributed by atoms with van der Waals surface area (Å²) >= 11 is 0. The number of rotatable bonds is 6. The van der Waals surface area contributed by atoms with Crippen LogP contribution in [0.3, 0.4) is 0 Å². The van der Waals surface area contributed by atoms with Crippen LogP contribution < -0.4 is 5.32 Å². The molecule has 1 amide bonds. The molecule has 2 aromatic rings. The third-order valence-corrected chi connectivity index (χ3v) is 6.14. The molecule has 1 saturated heterocycles. The van der Waals surface area contributed by atoms with Gasteiger partial charge in [0.15, 0.2) is 0 Å². The molecule has 3 heterocycles. The Kier molecular flexibility index (Phi) is 6.10. The van der Waals surface area contributed by atoms with Gasteiger partial charge in [0.25, 0.3) is 0 Å². The Morgan fingerprint density at radius 1 is 1.29 bits per heavy atom. The maximum Gasteiger partial charge on any atom is 0.223 e. The van der Waals surface area contributed by atoms with Gasteiger partial charge in [0, 0.05) is 45.3 Å². The minimum absolute atomic E-state index is 0.166. The number of anilines is 1. The number of piperidine rings is 1. The van der Waals surface area contributed by atoms with Gasteiger partial charge in [-0.2, -0.15) is 5.10 Å². The number of carbonyl (C=O) groups excluding carboxylic acids is 1. The van der Waals surface area contributed by atoms with E-state index in [1.165, 1.54) is 32.1 Å². The van der Waals surface area contributed by atoms with Crippen LogP contribution in [0, 0.1) is 0 Å². The molecule has 0 aromatic carbocycles. The number of H-pyrrole nitrogens is 1. The Labute approximate surface area is 166 Å². The number of nitrogens with zero attached hydrogens (tertiary/aromatic N) is 3. The van der Waals surface area contributed by atoms with E-state index in [0.29, 0.717) is 25.4 Å². The lowest BCUT2D eigenvalue weighted by molar-refractivity contribution is -0.134. The van der Waals surface area contributed by atoms with Crippen LogP contribution in [0.1, 0.15) is 57.1 Å². The van der Waals surface area contributed by atoms with E-state index in [9.17, 15) is 4.79 Å². The lowest BCUT2D eigenvalue weighted by atomic mass is 9.95. The number of hydrogen-bond donors (Lipinski definition) is 2. The zero-order chi connectivity index (χ0) is 19.3. The number of pyridine rings is 1. The summed E-state index contributed by atoms with van der Waals surface area (Å²) in [4.78, 5) is 19.2. The van der Waals surface area contributed by atoms with Crippen LogP contribution in [-0.4, -0.2) is 58.3 Å². The van der Waals surface area contributed by atoms with Crippen molar-refractivity contribution in [3.05, 3.63) is 18.0 Å². The molecule has 4 rings (SSSR count). The zero-order valence-electron chi connectivity index (χ0n) is 16.7. The van der Waals surface area contributed by atoms with Crippen molar-refractivity contribution >= 4 is 22.6 Å². The normalized spacial score (nSPS) is 21.2. The smallest absolute Gasteiger partial charge is 0.223 e. The van der Waals surface area contributed by atoms with Crippen molar-refractivity contribution in [3.8, 4) is 0 Å². The molecule has 2 aliphatic rings. The number of aromatic amines is 1. The fraction of sp³-hybridized carbons (Fsp3) is 0.667. The molecule has 1 atom stereocenters. The first-order valence-corrected chi connectivity index (χ1v) is 10.6. The standard InChI is InChI=1S/C21H31N5O2/c1-28-16-8-5-13-26(14-16)19(27)10-9-17-20-18(25-24-17)11-12-22-21(20)23-15-6-3-2-4-7-15/h11-12,15-16H,2-10,13-14H2,1H3,(H,22,23)(H,24,25). The molecular formula is C21H31N5O2. The van der Waals surface area contributed by atoms with Gasteiger partial charge in [0.2, 0.25) is 5.91 Å². The second kappa shape index (κ2) is 8.90. The van der Waals surface area contributed by atoms with Gasteiger partial charge in [-0.15, -0.1) is 0 Å². The lowest BCUT2D eigenvalue weighted by Gasteiger charge is -2.32. The molecule has 1 aliphatic carbocycles. The van der Waals surface area contributed by atoms with Gasteiger partial charge in [-0.05, 0) is 31.7 Å². The molecule has 1 saturated carbocycles. The maximum atomic E-state index is 12.7. The minimum atomic E-state index is 0.166. The molecule has 152 valence electrons. The fourth-order valence-electron chi connectivity index (χ4n) is 4.50. The first-order valence-electron chi connectivity index (χ1n) is 10.6. The molecular weight excluding hydrogens is 354 g/mol. The molecule has 2 aromatic heterocycles. The Balaban J connectivity index is 1.44. The Bertz CT molecular complexity index is 799. The van der Waals surface area contributed by atoms with E-state index < -0.39 is 0 Å². The van der Waals surface area contributed by atoms with E-state index in [4.69, 9.17) is 4.74 Å². The molecule has 1 unspecified atom stereocenters. The average Bonchev–Trinajstić information content (AvgIpc) is 3.17. The van der Waals surface area contributed by atoms with Crippen molar-refractivity contribution in [2.45, 2.75) is 69.9 Å². The third kappa shape index (κ3) is 4.29. The Morgan fingerprint density at radius 3 is 2.96 bits per heavy atom. The zero-order valence-corrected chi connectivity index (χ0v) is 16.7. The highest BCUT2D eigenvalue weighted by molar-refractivity contribution is 5.92. The van der Waals surface area contributed by atoms with Gasteiger partial charge in [-0.25, -0.2) is 4.98 Å². The number of nitrogens with one attached hydrogen (secondary N) is 2. The van der Waals surface area contributed by atoms with Crippen molar-refractivity contribution in [2.24, 2.45) is 0 Å². The number of aromatic nitrogens is 3. The van der Waals surface area contributed by atoms with Crippen LogP contribution >= 0.6 is 0 Å². The number of amides is 1. The summed E-state index contributed by atoms with van der Waals surface area (Å²) in [6, 6.07) is 2.43. The van der Waals surface area contributed by atoms with Gasteiger partial charge in [-0.1, -0.05) is 19.3 Å². The minimum Gasteiger partial charge on any atom is -0.380 e. The summed E-state index contributed by atoms with van der Waals surface area (Å²) in [7, 11) is 1.72. The summed E-state index contributed by atoms with van der Waals surface area (Å²) in [5, 5.41) is 12.3. The van der Waals surface area contributed by atoms with Crippen molar-refractivity contribution in [3.63, 3.8) is 0 Å². The molecule has 2 fully saturated rings. The quantitative estimate of drug-likeness (QED) is 0.797. The van der Waals surface area contributed by atoms with E-state index in [-0.39, 0.29) is 12.0 Å². The Hall–Kier alpha value is -2.15. The van der Waals surface area contributed by atoms with Crippen molar-refractivity contribution < 1.29 is 9.53 Å². The number of fused-ring (bicyclic) bond motifs is 1. The van der Waals surface area contributed by atoms with Crippen LogP contribution in [0.5, 0.6) is 0 Å². The number of carbonyl (C=O) groups is 1. The van der Waals surface area contributed by atoms with Crippen molar-refractivity contribution in [1.82, 2.24) is 20.1 Å². The summed E-state index contributed by atoms with van der Waals surface area (Å²) in [5.41, 5.74) is 1.91. The van der Waals surface area contributed by atoms with Gasteiger partial charge in [0.1, 0.15) is 5.82 Å². The second-order valence-electron chi connectivity index (χ2n) is 8.07. The first kappa shape index (κ1) is 19.2. The molecule has 28 heavy (non-hydrogen) atoms. The fourth-order valence-corrected chi connectivity index (χ4v) is 4.50. The SMILES string of the molecule is COC1CCCN(C(=O)CCc2n[nH]c3ccnc(NC4CCCCC4)c23)C1. The van der Waals surface area contributed by atoms with E-state index >= 15 is 0 Å². The summed E-state index contributed by atoms with van der Waals surface area (Å²) in [6.07, 6.45) is 11.4. The first-order chi connectivity index (χ1) is 13.7. The van der Waals surface area contributed by atoms with Crippen LogP contribution in [0.25, 0.3) is 10.9 Å². The Morgan fingerprint density at radius 2 is 2.14 bits per heavy atom. The van der Waals surface area contributed by atoms with Crippen LogP contribution in [0.15, 0.2) is 12.3 Å². The van der Waals surface area contributed by atoms with E-state index in [0.717, 1.165) is 41.8 Å². The van der Waals surface area contributed by atoms with Crippen molar-refractivity contribution in [1.29, 1.82) is 0 Å². The van der Waals surface area contributed by atoms with E-state index in [1.807, 2.05) is 17.2 Å². The highest BCUT2D eigenvalue weighted by Gasteiger charge is 2.24. The number of methoxy groups -OCH3 is 1. The topological polar surface area (TPSA) is 83.1 Å². The lowest BCUT2D eigenvalue weighted by Crippen LogP contribution is -2.42. The van der Waals surface area contributed by atoms with Crippen LogP contribution in [0.4, 0.5) is 5.82 Å². The summed E-state index contributed by atoms with van der Waals surface area (Å²) in [6.45, 7) is 1.53. The highest BCUT2D eigenvalue weighted by atomic mass is 16.5. The molecule has 0 bridgehead atoms.